The molecule has 5 heteroatoms. The Hall–Kier alpha value is -2.35. The van der Waals surface area contributed by atoms with E-state index in [2.05, 4.69) is 4.98 Å². The van der Waals surface area contributed by atoms with Crippen LogP contribution in [0.15, 0.2) is 22.6 Å². The second kappa shape index (κ2) is 3.84. The predicted molar refractivity (Wildman–Crippen MR) is 64.5 cm³/mol. The number of ether oxygens (including phenoxy) is 1. The van der Waals surface area contributed by atoms with Gasteiger partial charge in [0.2, 0.25) is 0 Å². The van der Waals surface area contributed by atoms with Crippen LogP contribution in [-0.4, -0.2) is 16.6 Å². The average Bonchev–Trinajstić information content (AvgIpc) is 2.48. The Kier molecular flexibility index (Phi) is 2.59. The van der Waals surface area contributed by atoms with Crippen LogP contribution in [0.4, 0.5) is 0 Å². The molecule has 1 aliphatic heterocycles. The van der Waals surface area contributed by atoms with E-state index in [1.807, 2.05) is 6.07 Å². The Bertz CT molecular complexity index is 660. The summed E-state index contributed by atoms with van der Waals surface area (Å²) >= 11 is 0. The molecule has 18 heavy (non-hydrogen) atoms. The molecule has 1 aromatic rings. The van der Waals surface area contributed by atoms with Crippen molar-refractivity contribution >= 4 is 11.5 Å². The highest BCUT2D eigenvalue weighted by Crippen LogP contribution is 2.37. The number of aromatic nitrogens is 1. The van der Waals surface area contributed by atoms with Crippen LogP contribution < -0.4 is 5.56 Å². The second-order valence-corrected chi connectivity index (χ2v) is 4.61. The number of carbonyl (C=O) groups excluding carboxylic acids is 1. The van der Waals surface area contributed by atoms with Crippen LogP contribution in [0.2, 0.25) is 0 Å². The average molecular weight is 244 g/mol. The first-order valence-electron chi connectivity index (χ1n) is 5.45. The van der Waals surface area contributed by atoms with Gasteiger partial charge >= 0.3 is 5.97 Å². The largest absolute Gasteiger partial charge is 0.451 e. The molecule has 5 nitrogen and oxygen atoms in total. The molecule has 0 amide bonds. The molecule has 2 rings (SSSR count). The van der Waals surface area contributed by atoms with E-state index in [1.54, 1.807) is 26.8 Å². The van der Waals surface area contributed by atoms with Crippen molar-refractivity contribution in [3.05, 3.63) is 39.3 Å². The zero-order valence-electron chi connectivity index (χ0n) is 10.3. The fourth-order valence-electron chi connectivity index (χ4n) is 1.92. The first-order chi connectivity index (χ1) is 8.38. The lowest BCUT2D eigenvalue weighted by atomic mass is 9.92. The highest BCUT2D eigenvalue weighted by molar-refractivity contribution is 6.20. The van der Waals surface area contributed by atoms with Crippen LogP contribution in [0.5, 0.6) is 0 Å². The van der Waals surface area contributed by atoms with E-state index in [1.165, 1.54) is 6.20 Å². The van der Waals surface area contributed by atoms with E-state index in [0.29, 0.717) is 11.1 Å². The lowest BCUT2D eigenvalue weighted by Crippen LogP contribution is -2.21. The van der Waals surface area contributed by atoms with Crippen LogP contribution in [0, 0.1) is 11.3 Å². The highest BCUT2D eigenvalue weighted by atomic mass is 16.6. The van der Waals surface area contributed by atoms with Gasteiger partial charge in [0.25, 0.3) is 5.56 Å². The lowest BCUT2D eigenvalue weighted by molar-refractivity contribution is -0.142. The van der Waals surface area contributed by atoms with Gasteiger partial charge in [-0.1, -0.05) is 0 Å². The molecule has 2 heterocycles. The first-order valence-corrected chi connectivity index (χ1v) is 5.45. The third-order valence-corrected chi connectivity index (χ3v) is 3.17. The summed E-state index contributed by atoms with van der Waals surface area (Å²) in [5.41, 5.74) is 0.0720. The molecule has 0 atom stereocenters. The van der Waals surface area contributed by atoms with Crippen molar-refractivity contribution in [3.8, 4) is 6.07 Å². The fraction of sp³-hybridized carbons (Fsp3) is 0.308. The monoisotopic (exact) mass is 244 g/mol. The standard InChI is InChI=1S/C13H12N2O3/c1-7-10(12(17)18-13(7,2)3)8-4-5-15-11(16)9(8)6-14/h4-5H,1-3H3,(H,15,16). The van der Waals surface area contributed by atoms with Gasteiger partial charge in [-0.15, -0.1) is 0 Å². The van der Waals surface area contributed by atoms with Gasteiger partial charge in [0, 0.05) is 11.8 Å². The minimum absolute atomic E-state index is 0.0681. The number of cyclic esters (lactones) is 1. The van der Waals surface area contributed by atoms with E-state index in [9.17, 15) is 9.59 Å². The molecule has 1 aliphatic rings. The van der Waals surface area contributed by atoms with Crippen molar-refractivity contribution in [2.24, 2.45) is 0 Å². The maximum absolute atomic E-state index is 11.9. The van der Waals surface area contributed by atoms with E-state index < -0.39 is 17.1 Å². The summed E-state index contributed by atoms with van der Waals surface area (Å²) in [5, 5.41) is 9.02. The molecule has 0 bridgehead atoms. The summed E-state index contributed by atoms with van der Waals surface area (Å²) in [5.74, 6) is -0.500. The number of nitriles is 1. The summed E-state index contributed by atoms with van der Waals surface area (Å²) in [6.45, 7) is 5.31. The van der Waals surface area contributed by atoms with Gasteiger partial charge < -0.3 is 9.72 Å². The summed E-state index contributed by atoms with van der Waals surface area (Å²) in [4.78, 5) is 25.8. The maximum Gasteiger partial charge on any atom is 0.339 e. The van der Waals surface area contributed by atoms with Crippen molar-refractivity contribution in [3.63, 3.8) is 0 Å². The number of nitrogens with zero attached hydrogens (tertiary/aromatic N) is 1. The summed E-state index contributed by atoms with van der Waals surface area (Å²) in [7, 11) is 0. The van der Waals surface area contributed by atoms with Crippen LogP contribution in [0.1, 0.15) is 31.9 Å². The Morgan fingerprint density at radius 2 is 2.06 bits per heavy atom. The molecule has 0 radical (unpaired) electrons. The first kappa shape index (κ1) is 12.1. The van der Waals surface area contributed by atoms with Crippen molar-refractivity contribution in [1.82, 2.24) is 4.98 Å². The second-order valence-electron chi connectivity index (χ2n) is 4.61. The van der Waals surface area contributed by atoms with Gasteiger partial charge in [-0.25, -0.2) is 4.79 Å². The van der Waals surface area contributed by atoms with Gasteiger partial charge in [0.1, 0.15) is 17.2 Å². The molecule has 0 fully saturated rings. The molecular formula is C13H12N2O3. The van der Waals surface area contributed by atoms with Crippen molar-refractivity contribution in [2.75, 3.05) is 0 Å². The molecule has 1 aromatic heterocycles. The van der Waals surface area contributed by atoms with Crippen molar-refractivity contribution < 1.29 is 9.53 Å². The molecule has 0 aliphatic carbocycles. The number of hydrogen-bond acceptors (Lipinski definition) is 4. The van der Waals surface area contributed by atoms with Gasteiger partial charge in [-0.3, -0.25) is 4.79 Å². The van der Waals surface area contributed by atoms with Gasteiger partial charge in [0.05, 0.1) is 5.57 Å². The van der Waals surface area contributed by atoms with Crippen LogP contribution in [-0.2, 0) is 9.53 Å². The van der Waals surface area contributed by atoms with E-state index in [-0.39, 0.29) is 5.56 Å². The molecular weight excluding hydrogens is 232 g/mol. The van der Waals surface area contributed by atoms with Crippen molar-refractivity contribution in [1.29, 1.82) is 5.26 Å². The molecule has 0 aromatic carbocycles. The van der Waals surface area contributed by atoms with E-state index >= 15 is 0 Å². The van der Waals surface area contributed by atoms with Crippen LogP contribution in [0.25, 0.3) is 5.57 Å². The Morgan fingerprint density at radius 3 is 2.56 bits per heavy atom. The predicted octanol–water partition coefficient (Wildman–Crippen LogP) is 1.36. The number of esters is 1. The minimum Gasteiger partial charge on any atom is -0.451 e. The number of pyridine rings is 1. The Morgan fingerprint density at radius 1 is 1.39 bits per heavy atom. The highest BCUT2D eigenvalue weighted by Gasteiger charge is 2.39. The van der Waals surface area contributed by atoms with E-state index in [0.717, 1.165) is 5.57 Å². The summed E-state index contributed by atoms with van der Waals surface area (Å²) in [6, 6.07) is 3.37. The molecule has 92 valence electrons. The number of nitrogens with one attached hydrogen (secondary N) is 1. The van der Waals surface area contributed by atoms with Crippen molar-refractivity contribution in [2.45, 2.75) is 26.4 Å². The van der Waals surface area contributed by atoms with Gasteiger partial charge in [-0.05, 0) is 32.4 Å². The number of H-pyrrole nitrogens is 1. The lowest BCUT2D eigenvalue weighted by Gasteiger charge is -2.18. The number of carbonyl (C=O) groups is 1. The third kappa shape index (κ3) is 1.63. The Balaban J connectivity index is 2.76. The van der Waals surface area contributed by atoms with Gasteiger partial charge in [-0.2, -0.15) is 5.26 Å². The molecule has 1 N–H and O–H groups in total. The summed E-state index contributed by atoms with van der Waals surface area (Å²) < 4.78 is 5.23. The Labute approximate surface area is 104 Å². The minimum atomic E-state index is -0.707. The SMILES string of the molecule is CC1=C(c2cc[nH]c(=O)c2C#N)C(=O)OC1(C)C. The van der Waals surface area contributed by atoms with Crippen LogP contribution in [0.3, 0.4) is 0 Å². The number of hydrogen-bond donors (Lipinski definition) is 1. The number of rotatable bonds is 1. The normalized spacial score (nSPS) is 17.6. The molecule has 0 saturated carbocycles. The number of aromatic amines is 1. The summed E-state index contributed by atoms with van der Waals surface area (Å²) in [6.07, 6.45) is 1.41. The quantitative estimate of drug-likeness (QED) is 0.756. The fourth-order valence-corrected chi connectivity index (χ4v) is 1.92. The maximum atomic E-state index is 11.9. The molecule has 0 unspecified atom stereocenters. The van der Waals surface area contributed by atoms with Crippen LogP contribution >= 0.6 is 0 Å². The smallest absolute Gasteiger partial charge is 0.339 e. The van der Waals surface area contributed by atoms with E-state index in [4.69, 9.17) is 10.00 Å². The van der Waals surface area contributed by atoms with Gasteiger partial charge in [0.15, 0.2) is 0 Å². The topological polar surface area (TPSA) is 83.0 Å². The molecule has 0 saturated heterocycles. The zero-order valence-corrected chi connectivity index (χ0v) is 10.3. The third-order valence-electron chi connectivity index (χ3n) is 3.17. The molecule has 0 spiro atoms. The zero-order chi connectivity index (χ0) is 13.5.